The molecule has 0 radical (unpaired) electrons. The number of nitrogens with zero attached hydrogens (tertiary/aromatic N) is 3. The highest BCUT2D eigenvalue weighted by Gasteiger charge is 2.62. The summed E-state index contributed by atoms with van der Waals surface area (Å²) in [5.74, 6) is 5.38. The first-order valence-electron chi connectivity index (χ1n) is 17.7. The molecule has 0 atom stereocenters. The van der Waals surface area contributed by atoms with E-state index in [0.717, 1.165) is 34.4 Å². The van der Waals surface area contributed by atoms with Crippen LogP contribution in [0.2, 0.25) is 0 Å². The van der Waals surface area contributed by atoms with Gasteiger partial charge in [-0.1, -0.05) is 115 Å². The highest BCUT2D eigenvalue weighted by Crippen LogP contribution is 2.70. The van der Waals surface area contributed by atoms with Crippen molar-refractivity contribution in [2.75, 3.05) is 0 Å². The lowest BCUT2D eigenvalue weighted by atomic mass is 9.43. The van der Waals surface area contributed by atoms with Gasteiger partial charge < -0.3 is 0 Å². The lowest BCUT2D eigenvalue weighted by molar-refractivity contribution is -0.0393. The van der Waals surface area contributed by atoms with Crippen LogP contribution in [-0.4, -0.2) is 15.0 Å². The summed E-state index contributed by atoms with van der Waals surface area (Å²) < 4.78 is 0. The van der Waals surface area contributed by atoms with Gasteiger partial charge in [0, 0.05) is 22.1 Å². The van der Waals surface area contributed by atoms with Crippen LogP contribution >= 0.6 is 0 Å². The third kappa shape index (κ3) is 3.73. The van der Waals surface area contributed by atoms with Crippen molar-refractivity contribution >= 4 is 21.5 Å². The molecular weight excluding hydrogens is 583 g/mol. The van der Waals surface area contributed by atoms with E-state index in [-0.39, 0.29) is 5.41 Å². The summed E-state index contributed by atoms with van der Waals surface area (Å²) in [6, 6.07) is 46.4. The summed E-state index contributed by atoms with van der Waals surface area (Å²) in [7, 11) is 0. The maximum absolute atomic E-state index is 5.19. The van der Waals surface area contributed by atoms with Crippen molar-refractivity contribution in [1.82, 2.24) is 15.0 Å². The van der Waals surface area contributed by atoms with Crippen LogP contribution in [0.3, 0.4) is 0 Å². The molecule has 7 aromatic rings. The second-order valence-corrected chi connectivity index (χ2v) is 14.9. The first-order valence-corrected chi connectivity index (χ1v) is 17.7. The summed E-state index contributed by atoms with van der Waals surface area (Å²) >= 11 is 0. The molecule has 0 unspecified atom stereocenters. The summed E-state index contributed by atoms with van der Waals surface area (Å²) in [5, 5.41) is 5.20. The molecule has 5 aliphatic rings. The molecule has 4 saturated carbocycles. The van der Waals surface area contributed by atoms with E-state index in [9.17, 15) is 0 Å². The Balaban J connectivity index is 1.13. The minimum absolute atomic E-state index is 0.0992. The SMILES string of the molecule is c1ccc(-c2nc(-c3ccc4c(c3)-c3ccc5ccccc5c3C43C4CC5CC(C4)CC3C5)nc(-c3ccc4ccccc4c3)n2)cc1. The average Bonchev–Trinajstić information content (AvgIpc) is 3.44. The molecule has 3 nitrogen and oxygen atoms in total. The molecular formula is C45H35N3. The fourth-order valence-electron chi connectivity index (χ4n) is 10.8. The van der Waals surface area contributed by atoms with Crippen LogP contribution in [0.25, 0.3) is 66.8 Å². The van der Waals surface area contributed by atoms with Crippen molar-refractivity contribution in [3.63, 3.8) is 0 Å². The number of aromatic nitrogens is 3. The molecule has 4 fully saturated rings. The highest BCUT2D eigenvalue weighted by atomic mass is 15.0. The lowest BCUT2D eigenvalue weighted by Crippen LogP contribution is -2.55. The second-order valence-electron chi connectivity index (χ2n) is 14.9. The first kappa shape index (κ1) is 26.9. The first-order chi connectivity index (χ1) is 23.7. The molecule has 3 heteroatoms. The summed E-state index contributed by atoms with van der Waals surface area (Å²) in [5.41, 5.74) is 9.11. The van der Waals surface area contributed by atoms with Crippen molar-refractivity contribution in [2.24, 2.45) is 23.7 Å². The molecule has 4 bridgehead atoms. The number of hydrogen-bond acceptors (Lipinski definition) is 3. The van der Waals surface area contributed by atoms with Gasteiger partial charge in [0.25, 0.3) is 0 Å². The van der Waals surface area contributed by atoms with Crippen LogP contribution in [0, 0.1) is 23.7 Å². The van der Waals surface area contributed by atoms with E-state index < -0.39 is 0 Å². The Morgan fingerprint density at radius 3 is 1.77 bits per heavy atom. The van der Waals surface area contributed by atoms with Crippen LogP contribution in [0.4, 0.5) is 0 Å². The van der Waals surface area contributed by atoms with Gasteiger partial charge in [0.1, 0.15) is 0 Å². The Kier molecular flexibility index (Phi) is 5.56. The number of hydrogen-bond donors (Lipinski definition) is 0. The van der Waals surface area contributed by atoms with Gasteiger partial charge >= 0.3 is 0 Å². The number of rotatable bonds is 3. The molecule has 1 aromatic heterocycles. The van der Waals surface area contributed by atoms with E-state index in [1.807, 2.05) is 6.07 Å². The van der Waals surface area contributed by atoms with Gasteiger partial charge in [0.2, 0.25) is 0 Å². The standard InChI is InChI=1S/C45H35N3/c1-2-10-31(11-3-1)42-46-43(33-15-14-29-8-4-5-12-32(29)25-33)48-44(47-42)34-17-19-40-39(26-34)38-18-16-30-9-6-7-13-37(30)41(38)45(40)35-21-27-20-28(23-35)24-36(45)22-27/h1-19,25-28,35-36H,20-24H2. The molecule has 0 saturated heterocycles. The van der Waals surface area contributed by atoms with Crippen LogP contribution < -0.4 is 0 Å². The molecule has 1 spiro atoms. The highest BCUT2D eigenvalue weighted by molar-refractivity contribution is 5.98. The van der Waals surface area contributed by atoms with E-state index in [2.05, 4.69) is 121 Å². The fourth-order valence-corrected chi connectivity index (χ4v) is 10.8. The van der Waals surface area contributed by atoms with Gasteiger partial charge in [-0.2, -0.15) is 0 Å². The van der Waals surface area contributed by atoms with Crippen molar-refractivity contribution in [3.05, 3.63) is 139 Å². The zero-order valence-electron chi connectivity index (χ0n) is 26.8. The normalized spacial score (nSPS) is 24.8. The topological polar surface area (TPSA) is 38.7 Å². The Labute approximate surface area is 280 Å². The summed E-state index contributed by atoms with van der Waals surface area (Å²) in [6.45, 7) is 0. The Morgan fingerprint density at radius 1 is 0.438 bits per heavy atom. The van der Waals surface area contributed by atoms with Gasteiger partial charge in [0.15, 0.2) is 17.5 Å². The third-order valence-electron chi connectivity index (χ3n) is 12.5. The smallest absolute Gasteiger partial charge is 0.164 e. The minimum atomic E-state index is 0.0992. The fraction of sp³-hybridized carbons (Fsp3) is 0.222. The molecule has 48 heavy (non-hydrogen) atoms. The van der Waals surface area contributed by atoms with Gasteiger partial charge in [-0.3, -0.25) is 0 Å². The number of benzene rings is 6. The minimum Gasteiger partial charge on any atom is -0.208 e. The Hall–Kier alpha value is -5.15. The maximum Gasteiger partial charge on any atom is 0.164 e. The third-order valence-corrected chi connectivity index (χ3v) is 12.5. The molecule has 5 aliphatic carbocycles. The molecule has 0 N–H and O–H groups in total. The van der Waals surface area contributed by atoms with Gasteiger partial charge in [0.05, 0.1) is 0 Å². The van der Waals surface area contributed by atoms with E-state index in [0.29, 0.717) is 23.5 Å². The average molecular weight is 618 g/mol. The van der Waals surface area contributed by atoms with Crippen LogP contribution in [-0.2, 0) is 5.41 Å². The molecule has 0 amide bonds. The van der Waals surface area contributed by atoms with E-state index in [1.54, 1.807) is 11.1 Å². The van der Waals surface area contributed by atoms with Crippen molar-refractivity contribution < 1.29 is 0 Å². The second kappa shape index (κ2) is 9.93. The van der Waals surface area contributed by atoms with Crippen molar-refractivity contribution in [3.8, 4) is 45.3 Å². The maximum atomic E-state index is 5.19. The Morgan fingerprint density at radius 2 is 1.02 bits per heavy atom. The lowest BCUT2D eigenvalue weighted by Gasteiger charge is -2.61. The predicted octanol–water partition coefficient (Wildman–Crippen LogP) is 10.9. The zero-order chi connectivity index (χ0) is 31.4. The predicted molar refractivity (Wildman–Crippen MR) is 194 cm³/mol. The monoisotopic (exact) mass is 617 g/mol. The van der Waals surface area contributed by atoms with Crippen LogP contribution in [0.5, 0.6) is 0 Å². The molecule has 12 rings (SSSR count). The molecule has 1 heterocycles. The number of fused-ring (bicyclic) bond motifs is 6. The largest absolute Gasteiger partial charge is 0.208 e. The molecule has 230 valence electrons. The van der Waals surface area contributed by atoms with Crippen LogP contribution in [0.1, 0.15) is 43.2 Å². The zero-order valence-corrected chi connectivity index (χ0v) is 26.8. The molecule has 6 aromatic carbocycles. The van der Waals surface area contributed by atoms with Crippen molar-refractivity contribution in [1.29, 1.82) is 0 Å². The van der Waals surface area contributed by atoms with Crippen LogP contribution in [0.15, 0.2) is 127 Å². The van der Waals surface area contributed by atoms with E-state index >= 15 is 0 Å². The van der Waals surface area contributed by atoms with Gasteiger partial charge in [-0.15, -0.1) is 0 Å². The molecule has 0 aliphatic heterocycles. The summed E-state index contributed by atoms with van der Waals surface area (Å²) in [6.07, 6.45) is 6.96. The summed E-state index contributed by atoms with van der Waals surface area (Å²) in [4.78, 5) is 15.4. The van der Waals surface area contributed by atoms with E-state index in [1.165, 1.54) is 64.8 Å². The van der Waals surface area contributed by atoms with Gasteiger partial charge in [-0.05, 0) is 112 Å². The van der Waals surface area contributed by atoms with E-state index in [4.69, 9.17) is 15.0 Å². The van der Waals surface area contributed by atoms with Gasteiger partial charge in [-0.25, -0.2) is 15.0 Å². The Bertz CT molecular complexity index is 2400. The quantitative estimate of drug-likeness (QED) is 0.198. The van der Waals surface area contributed by atoms with Crippen molar-refractivity contribution in [2.45, 2.75) is 37.5 Å².